The summed E-state index contributed by atoms with van der Waals surface area (Å²) in [6.45, 7) is -1.72. The second kappa shape index (κ2) is 9.54. The molecule has 0 heterocycles. The molecule has 0 saturated carbocycles. The van der Waals surface area contributed by atoms with Crippen LogP contribution >= 0.6 is 0 Å². The Morgan fingerprint density at radius 1 is 1.14 bits per heavy atom. The number of esters is 1. The fourth-order valence-corrected chi connectivity index (χ4v) is 2.29. The lowest BCUT2D eigenvalue weighted by Gasteiger charge is -2.12. The Morgan fingerprint density at radius 3 is 2.54 bits per heavy atom. The molecule has 0 unspecified atom stereocenters. The Bertz CT molecular complexity index is 856. The Kier molecular flexibility index (Phi) is 7.14. The van der Waals surface area contributed by atoms with E-state index in [0.717, 1.165) is 5.56 Å². The molecule has 1 amide bonds. The number of carbonyl (C=O) groups is 2. The van der Waals surface area contributed by atoms with Crippen molar-refractivity contribution in [1.29, 1.82) is 0 Å². The predicted molar refractivity (Wildman–Crippen MR) is 94.6 cm³/mol. The summed E-state index contributed by atoms with van der Waals surface area (Å²) >= 11 is 0. The number of phenols is 1. The topological polar surface area (TPSA) is 94.1 Å². The molecule has 0 aromatic heterocycles. The number of ether oxygens (including phenoxy) is 3. The largest absolute Gasteiger partial charge is 0.507 e. The highest BCUT2D eigenvalue weighted by atomic mass is 19.3. The number of rotatable bonds is 8. The number of hydrogen-bond donors (Lipinski definition) is 2. The summed E-state index contributed by atoms with van der Waals surface area (Å²) in [5, 5.41) is 12.3. The van der Waals surface area contributed by atoms with E-state index in [1.54, 1.807) is 13.0 Å². The minimum atomic E-state index is -2.98. The average Bonchev–Trinajstić information content (AvgIpc) is 2.64. The van der Waals surface area contributed by atoms with E-state index < -0.39 is 25.1 Å². The van der Waals surface area contributed by atoms with Gasteiger partial charge in [-0.15, -0.1) is 0 Å². The highest BCUT2D eigenvalue weighted by Crippen LogP contribution is 2.29. The summed E-state index contributed by atoms with van der Waals surface area (Å²) in [4.78, 5) is 23.8. The van der Waals surface area contributed by atoms with E-state index in [1.807, 2.05) is 0 Å². The van der Waals surface area contributed by atoms with Crippen molar-refractivity contribution in [3.8, 4) is 17.2 Å². The summed E-state index contributed by atoms with van der Waals surface area (Å²) in [6, 6.07) is 8.66. The van der Waals surface area contributed by atoms with Gasteiger partial charge in [0.1, 0.15) is 11.3 Å². The van der Waals surface area contributed by atoms with Crippen molar-refractivity contribution >= 4 is 11.9 Å². The molecule has 0 aliphatic heterocycles. The van der Waals surface area contributed by atoms with E-state index in [-0.39, 0.29) is 29.4 Å². The van der Waals surface area contributed by atoms with Gasteiger partial charge in [0, 0.05) is 6.54 Å². The number of methoxy groups -OCH3 is 1. The minimum Gasteiger partial charge on any atom is -0.507 e. The smallest absolute Gasteiger partial charge is 0.387 e. The zero-order valence-electron chi connectivity index (χ0n) is 15.2. The molecular weight excluding hydrogens is 376 g/mol. The molecular formula is C19H19F2NO6. The molecule has 28 heavy (non-hydrogen) atoms. The number of carbonyl (C=O) groups excluding carboxylic acids is 2. The van der Waals surface area contributed by atoms with Gasteiger partial charge in [-0.25, -0.2) is 4.79 Å². The van der Waals surface area contributed by atoms with E-state index in [2.05, 4.69) is 10.1 Å². The van der Waals surface area contributed by atoms with Gasteiger partial charge in [0.25, 0.3) is 5.91 Å². The van der Waals surface area contributed by atoms with Crippen LogP contribution in [0.15, 0.2) is 36.4 Å². The highest BCUT2D eigenvalue weighted by Gasteiger charge is 2.15. The fourth-order valence-electron chi connectivity index (χ4n) is 2.29. The van der Waals surface area contributed by atoms with Crippen LogP contribution in [0.2, 0.25) is 0 Å². The van der Waals surface area contributed by atoms with E-state index >= 15 is 0 Å². The Morgan fingerprint density at radius 2 is 1.89 bits per heavy atom. The molecule has 0 fully saturated rings. The molecule has 150 valence electrons. The number of aryl methyl sites for hydroxylation is 1. The van der Waals surface area contributed by atoms with Gasteiger partial charge in [-0.2, -0.15) is 8.78 Å². The number of benzene rings is 2. The first-order valence-electron chi connectivity index (χ1n) is 8.15. The summed E-state index contributed by atoms with van der Waals surface area (Å²) in [6.07, 6.45) is 0. The summed E-state index contributed by atoms with van der Waals surface area (Å²) in [5.74, 6) is -1.68. The van der Waals surface area contributed by atoms with Crippen molar-refractivity contribution in [2.45, 2.75) is 20.1 Å². The number of phenolic OH excluding ortho intramolecular Hbond substituents is 1. The quantitative estimate of drug-likeness (QED) is 0.668. The lowest BCUT2D eigenvalue weighted by molar-refractivity contribution is -0.124. The average molecular weight is 395 g/mol. The predicted octanol–water partition coefficient (Wildman–Crippen LogP) is 2.78. The fraction of sp³-hybridized carbons (Fsp3) is 0.263. The Hall–Kier alpha value is -3.36. The first-order valence-corrected chi connectivity index (χ1v) is 8.15. The van der Waals surface area contributed by atoms with E-state index in [9.17, 15) is 23.5 Å². The third-order valence-corrected chi connectivity index (χ3v) is 3.64. The molecule has 0 bridgehead atoms. The SMILES string of the molecule is COc1cc(CNC(=O)COC(=O)c2ccc(C)cc2O)ccc1OC(F)F. The standard InChI is InChI=1S/C19H19F2NO6/c1-11-3-5-13(14(23)7-11)18(25)27-10-17(24)22-9-12-4-6-15(28-19(20)21)16(8-12)26-2/h3-8,19,23H,9-10H2,1-2H3,(H,22,24). The van der Waals surface area contributed by atoms with Crippen LogP contribution < -0.4 is 14.8 Å². The number of aromatic hydroxyl groups is 1. The van der Waals surface area contributed by atoms with Gasteiger partial charge in [-0.05, 0) is 42.3 Å². The van der Waals surface area contributed by atoms with Crippen molar-refractivity contribution in [2.24, 2.45) is 0 Å². The number of amides is 1. The van der Waals surface area contributed by atoms with Crippen molar-refractivity contribution in [1.82, 2.24) is 5.32 Å². The molecule has 0 atom stereocenters. The third-order valence-electron chi connectivity index (χ3n) is 3.64. The van der Waals surface area contributed by atoms with Gasteiger partial charge in [0.15, 0.2) is 18.1 Å². The van der Waals surface area contributed by atoms with Gasteiger partial charge in [0.05, 0.1) is 7.11 Å². The maximum Gasteiger partial charge on any atom is 0.387 e. The molecule has 2 aromatic rings. The van der Waals surface area contributed by atoms with Crippen LogP contribution in [0.5, 0.6) is 17.2 Å². The lowest BCUT2D eigenvalue weighted by atomic mass is 10.1. The number of hydrogen-bond acceptors (Lipinski definition) is 6. The molecule has 2 rings (SSSR count). The minimum absolute atomic E-state index is 0.0437. The normalized spacial score (nSPS) is 10.5. The Labute approximate surface area is 159 Å². The monoisotopic (exact) mass is 395 g/mol. The highest BCUT2D eigenvalue weighted by molar-refractivity contribution is 5.93. The zero-order chi connectivity index (χ0) is 20.7. The van der Waals surface area contributed by atoms with E-state index in [1.165, 1.54) is 37.4 Å². The van der Waals surface area contributed by atoms with Crippen molar-refractivity contribution in [2.75, 3.05) is 13.7 Å². The first kappa shape index (κ1) is 20.9. The van der Waals surface area contributed by atoms with Gasteiger partial charge in [-0.1, -0.05) is 12.1 Å². The van der Waals surface area contributed by atoms with Crippen molar-refractivity contribution < 1.29 is 37.7 Å². The molecule has 0 spiro atoms. The first-order chi connectivity index (χ1) is 13.3. The number of alkyl halides is 2. The molecule has 2 aromatic carbocycles. The Balaban J connectivity index is 1.87. The van der Waals surface area contributed by atoms with E-state index in [4.69, 9.17) is 9.47 Å². The van der Waals surface area contributed by atoms with Gasteiger partial charge in [-0.3, -0.25) is 4.79 Å². The molecule has 2 N–H and O–H groups in total. The van der Waals surface area contributed by atoms with Gasteiger partial charge in [0.2, 0.25) is 0 Å². The summed E-state index contributed by atoms with van der Waals surface area (Å²) < 4.78 is 38.8. The molecule has 0 saturated heterocycles. The molecule has 7 nitrogen and oxygen atoms in total. The van der Waals surface area contributed by atoms with Crippen LogP contribution in [0.25, 0.3) is 0 Å². The summed E-state index contributed by atoms with van der Waals surface area (Å²) in [5.41, 5.74) is 1.29. The van der Waals surface area contributed by atoms with Crippen molar-refractivity contribution in [3.63, 3.8) is 0 Å². The van der Waals surface area contributed by atoms with Crippen LogP contribution in [0.3, 0.4) is 0 Å². The maximum atomic E-state index is 12.3. The number of nitrogens with one attached hydrogen (secondary N) is 1. The molecule has 0 aliphatic carbocycles. The third kappa shape index (κ3) is 5.83. The van der Waals surface area contributed by atoms with Crippen molar-refractivity contribution in [3.05, 3.63) is 53.1 Å². The maximum absolute atomic E-state index is 12.3. The van der Waals surface area contributed by atoms with Crippen LogP contribution in [-0.2, 0) is 16.1 Å². The van der Waals surface area contributed by atoms with E-state index in [0.29, 0.717) is 5.56 Å². The summed E-state index contributed by atoms with van der Waals surface area (Å²) in [7, 11) is 1.30. The van der Waals surface area contributed by atoms with Gasteiger partial charge >= 0.3 is 12.6 Å². The second-order valence-corrected chi connectivity index (χ2v) is 5.74. The molecule has 0 aliphatic rings. The van der Waals surface area contributed by atoms with Crippen LogP contribution in [0.1, 0.15) is 21.5 Å². The molecule has 9 heteroatoms. The zero-order valence-corrected chi connectivity index (χ0v) is 15.2. The van der Waals surface area contributed by atoms with Crippen LogP contribution in [0.4, 0.5) is 8.78 Å². The number of halogens is 2. The molecule has 0 radical (unpaired) electrons. The second-order valence-electron chi connectivity index (χ2n) is 5.74. The lowest BCUT2D eigenvalue weighted by Crippen LogP contribution is -2.28. The van der Waals surface area contributed by atoms with Gasteiger partial charge < -0.3 is 24.6 Å². The van der Waals surface area contributed by atoms with Crippen LogP contribution in [-0.4, -0.2) is 37.3 Å². The van der Waals surface area contributed by atoms with Crippen LogP contribution in [0, 0.1) is 6.92 Å².